The van der Waals surface area contributed by atoms with Crippen LogP contribution in [0.15, 0.2) is 12.4 Å². The van der Waals surface area contributed by atoms with Crippen LogP contribution >= 0.6 is 0 Å². The van der Waals surface area contributed by atoms with E-state index in [9.17, 15) is 4.79 Å². The van der Waals surface area contributed by atoms with Crippen LogP contribution in [-0.2, 0) is 17.8 Å². The molecule has 4 heteroatoms. The maximum Gasteiger partial charge on any atom is 0.223 e. The normalized spacial score (nSPS) is 35.5. The highest BCUT2D eigenvalue weighted by Crippen LogP contribution is 2.49. The van der Waals surface area contributed by atoms with Gasteiger partial charge in [0.15, 0.2) is 0 Å². The Hall–Kier alpha value is -1.32. The molecule has 2 aliphatic carbocycles. The van der Waals surface area contributed by atoms with Gasteiger partial charge in [0.2, 0.25) is 5.91 Å². The molecule has 4 nitrogen and oxygen atoms in total. The lowest BCUT2D eigenvalue weighted by atomic mass is 9.83. The first-order chi connectivity index (χ1) is 10.2. The number of nitrogens with zero attached hydrogens (tertiary/aromatic N) is 2. The number of aryl methyl sites for hydroxylation is 1. The van der Waals surface area contributed by atoms with Crippen molar-refractivity contribution in [3.63, 3.8) is 0 Å². The highest BCUT2D eigenvalue weighted by Gasteiger charge is 2.42. The Morgan fingerprint density at radius 1 is 1.38 bits per heavy atom. The molecule has 2 fully saturated rings. The van der Waals surface area contributed by atoms with E-state index in [1.807, 2.05) is 12.4 Å². The molecule has 1 N–H and O–H groups in total. The van der Waals surface area contributed by atoms with Crippen molar-refractivity contribution in [2.75, 3.05) is 0 Å². The zero-order valence-corrected chi connectivity index (χ0v) is 12.8. The minimum absolute atomic E-state index is 0.112. The van der Waals surface area contributed by atoms with Crippen molar-refractivity contribution in [2.45, 2.75) is 58.0 Å². The first-order valence-corrected chi connectivity index (χ1v) is 8.51. The van der Waals surface area contributed by atoms with E-state index in [0.29, 0.717) is 6.04 Å². The fraction of sp³-hybridized carbons (Fsp3) is 0.765. The highest BCUT2D eigenvalue weighted by atomic mass is 16.1. The van der Waals surface area contributed by atoms with E-state index in [4.69, 9.17) is 0 Å². The molecule has 114 valence electrons. The van der Waals surface area contributed by atoms with Crippen molar-refractivity contribution >= 4 is 5.91 Å². The Balaban J connectivity index is 1.36. The van der Waals surface area contributed by atoms with Crippen molar-refractivity contribution in [2.24, 2.45) is 23.7 Å². The van der Waals surface area contributed by atoms with Gasteiger partial charge in [-0.25, -0.2) is 4.98 Å². The molecule has 0 spiro atoms. The molecule has 0 radical (unpaired) electrons. The zero-order chi connectivity index (χ0) is 14.4. The van der Waals surface area contributed by atoms with Crippen LogP contribution in [0.2, 0.25) is 0 Å². The second-order valence-corrected chi connectivity index (χ2v) is 7.36. The van der Waals surface area contributed by atoms with Crippen molar-refractivity contribution in [3.05, 3.63) is 18.2 Å². The fourth-order valence-electron chi connectivity index (χ4n) is 4.93. The summed E-state index contributed by atoms with van der Waals surface area (Å²) in [4.78, 5) is 16.9. The number of aromatic nitrogens is 2. The number of carbonyl (C=O) groups excluding carboxylic acids is 1. The van der Waals surface area contributed by atoms with Crippen molar-refractivity contribution < 1.29 is 4.79 Å². The van der Waals surface area contributed by atoms with Gasteiger partial charge in [-0.05, 0) is 50.4 Å². The predicted molar refractivity (Wildman–Crippen MR) is 80.6 cm³/mol. The van der Waals surface area contributed by atoms with Crippen LogP contribution < -0.4 is 5.32 Å². The summed E-state index contributed by atoms with van der Waals surface area (Å²) in [5.74, 6) is 3.96. The van der Waals surface area contributed by atoms with E-state index in [0.717, 1.165) is 43.0 Å². The lowest BCUT2D eigenvalue weighted by Crippen LogP contribution is -2.44. The number of amides is 1. The van der Waals surface area contributed by atoms with Gasteiger partial charge in [0, 0.05) is 37.3 Å². The molecule has 4 rings (SSSR count). The largest absolute Gasteiger partial charge is 0.353 e. The summed E-state index contributed by atoms with van der Waals surface area (Å²) < 4.78 is 2.17. The summed E-state index contributed by atoms with van der Waals surface area (Å²) in [6.45, 7) is 3.14. The molecule has 1 aliphatic heterocycles. The zero-order valence-electron chi connectivity index (χ0n) is 12.8. The average molecular weight is 287 g/mol. The molecule has 5 unspecified atom stereocenters. The Labute approximate surface area is 126 Å². The molecule has 21 heavy (non-hydrogen) atoms. The standard InChI is InChI=1S/C17H25N3O/c1-11(15-9-12-2-3-13(15)8-12)19-17(21)14-4-6-20-7-5-18-16(20)10-14/h5,7,11-15H,2-4,6,8-10H2,1H3,(H,19,21). The Morgan fingerprint density at radius 3 is 3.05 bits per heavy atom. The summed E-state index contributed by atoms with van der Waals surface area (Å²) in [6, 6.07) is 0.342. The first-order valence-electron chi connectivity index (χ1n) is 8.51. The molecular formula is C17H25N3O. The number of carbonyl (C=O) groups is 1. The van der Waals surface area contributed by atoms with Crippen LogP contribution in [0.3, 0.4) is 0 Å². The van der Waals surface area contributed by atoms with E-state index < -0.39 is 0 Å². The van der Waals surface area contributed by atoms with Gasteiger partial charge < -0.3 is 9.88 Å². The minimum Gasteiger partial charge on any atom is -0.353 e. The molecule has 2 bridgehead atoms. The number of fused-ring (bicyclic) bond motifs is 3. The smallest absolute Gasteiger partial charge is 0.223 e. The van der Waals surface area contributed by atoms with Gasteiger partial charge >= 0.3 is 0 Å². The number of hydrogen-bond donors (Lipinski definition) is 1. The molecule has 2 heterocycles. The average Bonchev–Trinajstić information content (AvgIpc) is 3.21. The number of nitrogens with one attached hydrogen (secondary N) is 1. The topological polar surface area (TPSA) is 46.9 Å². The maximum atomic E-state index is 12.6. The molecule has 0 saturated heterocycles. The monoisotopic (exact) mass is 287 g/mol. The van der Waals surface area contributed by atoms with Gasteiger partial charge in [0.1, 0.15) is 5.82 Å². The van der Waals surface area contributed by atoms with Crippen LogP contribution in [0.4, 0.5) is 0 Å². The number of rotatable bonds is 3. The molecule has 5 atom stereocenters. The van der Waals surface area contributed by atoms with Crippen LogP contribution in [-0.4, -0.2) is 21.5 Å². The summed E-state index contributed by atoms with van der Waals surface area (Å²) in [5, 5.41) is 3.32. The highest BCUT2D eigenvalue weighted by molar-refractivity contribution is 5.79. The summed E-state index contributed by atoms with van der Waals surface area (Å²) >= 11 is 0. The summed E-state index contributed by atoms with van der Waals surface area (Å²) in [5.41, 5.74) is 0. The third-order valence-corrected chi connectivity index (χ3v) is 6.12. The molecule has 0 aromatic carbocycles. The molecule has 3 aliphatic rings. The maximum absolute atomic E-state index is 12.6. The van der Waals surface area contributed by atoms with Crippen LogP contribution in [0.1, 0.15) is 44.9 Å². The Kier molecular flexibility index (Phi) is 3.27. The number of imidazole rings is 1. The molecule has 2 saturated carbocycles. The van der Waals surface area contributed by atoms with Crippen LogP contribution in [0, 0.1) is 23.7 Å². The predicted octanol–water partition coefficient (Wildman–Crippen LogP) is 2.39. The van der Waals surface area contributed by atoms with Gasteiger partial charge in [0.25, 0.3) is 0 Å². The van der Waals surface area contributed by atoms with E-state index in [-0.39, 0.29) is 11.8 Å². The fourth-order valence-corrected chi connectivity index (χ4v) is 4.93. The minimum atomic E-state index is 0.112. The van der Waals surface area contributed by atoms with Crippen molar-refractivity contribution in [3.8, 4) is 0 Å². The third-order valence-electron chi connectivity index (χ3n) is 6.12. The van der Waals surface area contributed by atoms with Crippen molar-refractivity contribution in [1.82, 2.24) is 14.9 Å². The Bertz CT molecular complexity index is 538. The third kappa shape index (κ3) is 2.39. The summed E-state index contributed by atoms with van der Waals surface area (Å²) in [6.07, 6.45) is 11.1. The van der Waals surface area contributed by atoms with Gasteiger partial charge in [-0.2, -0.15) is 0 Å². The van der Waals surface area contributed by atoms with E-state index >= 15 is 0 Å². The van der Waals surface area contributed by atoms with Crippen LogP contribution in [0.5, 0.6) is 0 Å². The SMILES string of the molecule is CC(NC(=O)C1CCn2ccnc2C1)C1CC2CCC1C2. The lowest BCUT2D eigenvalue weighted by Gasteiger charge is -2.30. The van der Waals surface area contributed by atoms with E-state index in [1.54, 1.807) is 0 Å². The van der Waals surface area contributed by atoms with Crippen LogP contribution in [0.25, 0.3) is 0 Å². The second kappa shape index (κ2) is 5.15. The Morgan fingerprint density at radius 2 is 2.29 bits per heavy atom. The quantitative estimate of drug-likeness (QED) is 0.928. The van der Waals surface area contributed by atoms with Gasteiger partial charge in [-0.15, -0.1) is 0 Å². The van der Waals surface area contributed by atoms with E-state index in [2.05, 4.69) is 21.8 Å². The lowest BCUT2D eigenvalue weighted by molar-refractivity contribution is -0.126. The molecule has 1 aromatic rings. The molecule has 1 aromatic heterocycles. The second-order valence-electron chi connectivity index (χ2n) is 7.36. The first kappa shape index (κ1) is 13.4. The van der Waals surface area contributed by atoms with Gasteiger partial charge in [0.05, 0.1) is 0 Å². The molecule has 1 amide bonds. The van der Waals surface area contributed by atoms with Gasteiger partial charge in [-0.1, -0.05) is 6.42 Å². The summed E-state index contributed by atoms with van der Waals surface area (Å²) in [7, 11) is 0. The number of hydrogen-bond acceptors (Lipinski definition) is 2. The van der Waals surface area contributed by atoms with E-state index in [1.165, 1.54) is 25.7 Å². The van der Waals surface area contributed by atoms with Crippen molar-refractivity contribution in [1.29, 1.82) is 0 Å². The van der Waals surface area contributed by atoms with Gasteiger partial charge in [-0.3, -0.25) is 4.79 Å². The molecular weight excluding hydrogens is 262 g/mol.